The van der Waals surface area contributed by atoms with Crippen molar-refractivity contribution in [1.29, 1.82) is 0 Å². The van der Waals surface area contributed by atoms with E-state index < -0.39 is 0 Å². The summed E-state index contributed by atoms with van der Waals surface area (Å²) >= 11 is 0. The predicted molar refractivity (Wildman–Crippen MR) is 77.2 cm³/mol. The molecule has 102 valence electrons. The SMILES string of the molecule is CCCc1nc2ccc(C(C)(C)CNC=O)cc2[nH]1. The number of fused-ring (bicyclic) bond motifs is 1. The van der Waals surface area contributed by atoms with E-state index >= 15 is 0 Å². The topological polar surface area (TPSA) is 57.8 Å². The molecule has 0 aliphatic carbocycles. The number of imidazole rings is 1. The lowest BCUT2D eigenvalue weighted by Crippen LogP contribution is -2.32. The minimum atomic E-state index is -0.0921. The highest BCUT2D eigenvalue weighted by molar-refractivity contribution is 5.76. The molecule has 2 aromatic rings. The fourth-order valence-electron chi connectivity index (χ4n) is 2.24. The quantitative estimate of drug-likeness (QED) is 0.783. The van der Waals surface area contributed by atoms with E-state index in [1.807, 2.05) is 6.07 Å². The second-order valence-corrected chi connectivity index (χ2v) is 5.55. The van der Waals surface area contributed by atoms with E-state index in [0.29, 0.717) is 6.54 Å². The Balaban J connectivity index is 2.32. The Morgan fingerprint density at radius 2 is 2.21 bits per heavy atom. The number of aryl methyl sites for hydroxylation is 1. The molecule has 0 spiro atoms. The van der Waals surface area contributed by atoms with Crippen LogP contribution in [0.1, 0.15) is 38.6 Å². The number of hydrogen-bond donors (Lipinski definition) is 2. The second-order valence-electron chi connectivity index (χ2n) is 5.55. The Morgan fingerprint density at radius 3 is 2.89 bits per heavy atom. The van der Waals surface area contributed by atoms with Gasteiger partial charge in [-0.2, -0.15) is 0 Å². The van der Waals surface area contributed by atoms with Crippen LogP contribution in [0.4, 0.5) is 0 Å². The molecule has 2 rings (SSSR count). The zero-order chi connectivity index (χ0) is 13.9. The van der Waals surface area contributed by atoms with Crippen molar-refractivity contribution in [2.24, 2.45) is 0 Å². The lowest BCUT2D eigenvalue weighted by atomic mass is 9.84. The number of nitrogens with one attached hydrogen (secondary N) is 2. The van der Waals surface area contributed by atoms with Crippen molar-refractivity contribution in [2.45, 2.75) is 39.0 Å². The first-order valence-electron chi connectivity index (χ1n) is 6.73. The van der Waals surface area contributed by atoms with Crippen molar-refractivity contribution < 1.29 is 4.79 Å². The first kappa shape index (κ1) is 13.6. The number of benzene rings is 1. The van der Waals surface area contributed by atoms with E-state index in [2.05, 4.69) is 48.2 Å². The first-order valence-corrected chi connectivity index (χ1v) is 6.73. The van der Waals surface area contributed by atoms with Gasteiger partial charge in [-0.05, 0) is 24.1 Å². The molecule has 2 N–H and O–H groups in total. The van der Waals surface area contributed by atoms with Crippen LogP contribution in [0.25, 0.3) is 11.0 Å². The van der Waals surface area contributed by atoms with Gasteiger partial charge in [-0.3, -0.25) is 4.79 Å². The van der Waals surface area contributed by atoms with E-state index in [-0.39, 0.29) is 5.41 Å². The molecule has 0 saturated heterocycles. The van der Waals surface area contributed by atoms with Crippen molar-refractivity contribution in [3.05, 3.63) is 29.6 Å². The number of rotatable bonds is 6. The summed E-state index contributed by atoms with van der Waals surface area (Å²) in [5.74, 6) is 1.04. The van der Waals surface area contributed by atoms with Gasteiger partial charge >= 0.3 is 0 Å². The van der Waals surface area contributed by atoms with Gasteiger partial charge in [0.25, 0.3) is 0 Å². The smallest absolute Gasteiger partial charge is 0.207 e. The number of H-pyrrole nitrogens is 1. The summed E-state index contributed by atoms with van der Waals surface area (Å²) in [5, 5.41) is 2.75. The molecule has 4 nitrogen and oxygen atoms in total. The van der Waals surface area contributed by atoms with Gasteiger partial charge in [0.05, 0.1) is 11.0 Å². The maximum Gasteiger partial charge on any atom is 0.207 e. The summed E-state index contributed by atoms with van der Waals surface area (Å²) in [6.07, 6.45) is 2.80. The third kappa shape index (κ3) is 2.95. The van der Waals surface area contributed by atoms with Crippen LogP contribution in [0.2, 0.25) is 0 Å². The minimum Gasteiger partial charge on any atom is -0.358 e. The molecule has 19 heavy (non-hydrogen) atoms. The van der Waals surface area contributed by atoms with Crippen molar-refractivity contribution in [2.75, 3.05) is 6.54 Å². The van der Waals surface area contributed by atoms with Crippen LogP contribution in [0.15, 0.2) is 18.2 Å². The summed E-state index contributed by atoms with van der Waals surface area (Å²) < 4.78 is 0. The van der Waals surface area contributed by atoms with Crippen LogP contribution in [-0.4, -0.2) is 22.9 Å². The molecule has 0 aliphatic heterocycles. The van der Waals surface area contributed by atoms with E-state index in [1.54, 1.807) is 0 Å². The van der Waals surface area contributed by atoms with E-state index in [0.717, 1.165) is 36.1 Å². The van der Waals surface area contributed by atoms with Crippen molar-refractivity contribution in [3.63, 3.8) is 0 Å². The maximum atomic E-state index is 10.4. The number of nitrogens with zero attached hydrogens (tertiary/aromatic N) is 1. The molecule has 1 amide bonds. The minimum absolute atomic E-state index is 0.0921. The van der Waals surface area contributed by atoms with Gasteiger partial charge in [0.2, 0.25) is 6.41 Å². The summed E-state index contributed by atoms with van der Waals surface area (Å²) in [4.78, 5) is 18.4. The summed E-state index contributed by atoms with van der Waals surface area (Å²) in [6, 6.07) is 6.27. The van der Waals surface area contributed by atoms with E-state index in [9.17, 15) is 4.79 Å². The van der Waals surface area contributed by atoms with Crippen LogP contribution >= 0.6 is 0 Å². The molecule has 4 heteroatoms. The molecular formula is C15H21N3O. The zero-order valence-electron chi connectivity index (χ0n) is 11.8. The Morgan fingerprint density at radius 1 is 1.42 bits per heavy atom. The number of hydrogen-bond acceptors (Lipinski definition) is 2. The van der Waals surface area contributed by atoms with Gasteiger partial charge in [-0.1, -0.05) is 26.8 Å². The molecule has 0 fully saturated rings. The zero-order valence-corrected chi connectivity index (χ0v) is 11.8. The highest BCUT2D eigenvalue weighted by atomic mass is 16.1. The normalized spacial score (nSPS) is 11.7. The fourth-order valence-corrected chi connectivity index (χ4v) is 2.24. The van der Waals surface area contributed by atoms with E-state index in [4.69, 9.17) is 0 Å². The van der Waals surface area contributed by atoms with Gasteiger partial charge in [0.1, 0.15) is 5.82 Å². The number of aromatic amines is 1. The van der Waals surface area contributed by atoms with Gasteiger partial charge in [-0.15, -0.1) is 0 Å². The molecule has 0 unspecified atom stereocenters. The largest absolute Gasteiger partial charge is 0.358 e. The van der Waals surface area contributed by atoms with Crippen LogP contribution in [-0.2, 0) is 16.6 Å². The van der Waals surface area contributed by atoms with Gasteiger partial charge < -0.3 is 10.3 Å². The highest BCUT2D eigenvalue weighted by Gasteiger charge is 2.20. The van der Waals surface area contributed by atoms with Gasteiger partial charge in [0.15, 0.2) is 0 Å². The second kappa shape index (κ2) is 5.43. The monoisotopic (exact) mass is 259 g/mol. The fraction of sp³-hybridized carbons (Fsp3) is 0.467. The van der Waals surface area contributed by atoms with Crippen molar-refractivity contribution in [3.8, 4) is 0 Å². The molecule has 0 bridgehead atoms. The third-order valence-electron chi connectivity index (χ3n) is 3.43. The molecule has 1 heterocycles. The Hall–Kier alpha value is -1.84. The van der Waals surface area contributed by atoms with E-state index in [1.165, 1.54) is 5.56 Å². The molecule has 0 aliphatic rings. The summed E-state index contributed by atoms with van der Waals surface area (Å²) in [7, 11) is 0. The lowest BCUT2D eigenvalue weighted by molar-refractivity contribution is -0.109. The van der Waals surface area contributed by atoms with Crippen molar-refractivity contribution >= 4 is 17.4 Å². The standard InChI is InChI=1S/C15H21N3O/c1-4-5-14-17-12-7-6-11(8-13(12)18-14)15(2,3)9-16-10-19/h6-8,10H,4-5,9H2,1-3H3,(H,16,19)(H,17,18). The molecule has 1 aromatic carbocycles. The highest BCUT2D eigenvalue weighted by Crippen LogP contribution is 2.25. The molecule has 0 radical (unpaired) electrons. The first-order chi connectivity index (χ1) is 9.06. The average molecular weight is 259 g/mol. The Labute approximate surface area is 113 Å². The lowest BCUT2D eigenvalue weighted by Gasteiger charge is -2.24. The van der Waals surface area contributed by atoms with Gasteiger partial charge in [0, 0.05) is 18.4 Å². The van der Waals surface area contributed by atoms with Crippen LogP contribution in [0, 0.1) is 0 Å². The third-order valence-corrected chi connectivity index (χ3v) is 3.43. The van der Waals surface area contributed by atoms with Gasteiger partial charge in [-0.25, -0.2) is 4.98 Å². The number of carbonyl (C=O) groups is 1. The average Bonchev–Trinajstić information content (AvgIpc) is 2.78. The van der Waals surface area contributed by atoms with Crippen LogP contribution in [0.5, 0.6) is 0 Å². The number of aromatic nitrogens is 2. The molecular weight excluding hydrogens is 238 g/mol. The molecule has 0 atom stereocenters. The van der Waals surface area contributed by atoms with Crippen LogP contribution in [0.3, 0.4) is 0 Å². The molecule has 0 saturated carbocycles. The van der Waals surface area contributed by atoms with Crippen LogP contribution < -0.4 is 5.32 Å². The Bertz CT molecular complexity index is 572. The Kier molecular flexibility index (Phi) is 3.88. The molecule has 1 aromatic heterocycles. The number of amides is 1. The summed E-state index contributed by atoms with van der Waals surface area (Å²) in [5.41, 5.74) is 3.18. The summed E-state index contributed by atoms with van der Waals surface area (Å²) in [6.45, 7) is 7.01. The van der Waals surface area contributed by atoms with Crippen molar-refractivity contribution in [1.82, 2.24) is 15.3 Å². The predicted octanol–water partition coefficient (Wildman–Crippen LogP) is 2.54. The maximum absolute atomic E-state index is 10.4. The number of carbonyl (C=O) groups excluding carboxylic acids is 1.